The quantitative estimate of drug-likeness (QED) is 0.691. The highest BCUT2D eigenvalue weighted by atomic mass is 16.5. The van der Waals surface area contributed by atoms with E-state index in [0.29, 0.717) is 6.54 Å². The number of amides is 2. The highest BCUT2D eigenvalue weighted by molar-refractivity contribution is 5.89. The number of hydrogen-bond acceptors (Lipinski definition) is 4. The second kappa shape index (κ2) is 4.80. The maximum Gasteiger partial charge on any atom is 0.313 e. The molecule has 0 aromatic carbocycles. The summed E-state index contributed by atoms with van der Waals surface area (Å²) in [5.74, 6) is -1.74. The van der Waals surface area contributed by atoms with Gasteiger partial charge in [-0.15, -0.1) is 0 Å². The Balaban J connectivity index is 2.00. The molecular weight excluding hydrogens is 252 g/mol. The lowest BCUT2D eigenvalue weighted by molar-refractivity contribution is -0.149. The van der Waals surface area contributed by atoms with Gasteiger partial charge in [-0.25, -0.2) is 0 Å². The van der Waals surface area contributed by atoms with Gasteiger partial charge in [0.05, 0.1) is 25.2 Å². The standard InChI is InChI=1S/C12H18N2O5/c1-12(11(17)18)6-19-5-8(12)13-10(16)7-3-9(15)14(2)4-7/h7-8H,3-6H2,1-2H3,(H,13,16)(H,17,18). The molecule has 3 atom stereocenters. The van der Waals surface area contributed by atoms with Crippen molar-refractivity contribution < 1.29 is 24.2 Å². The summed E-state index contributed by atoms with van der Waals surface area (Å²) in [6.45, 7) is 2.20. The normalized spacial score (nSPS) is 34.6. The largest absolute Gasteiger partial charge is 0.481 e. The molecular formula is C12H18N2O5. The molecule has 2 saturated heterocycles. The lowest BCUT2D eigenvalue weighted by Gasteiger charge is -2.26. The molecule has 0 bridgehead atoms. The zero-order valence-corrected chi connectivity index (χ0v) is 11.0. The van der Waals surface area contributed by atoms with Crippen LogP contribution in [0.4, 0.5) is 0 Å². The highest BCUT2D eigenvalue weighted by Gasteiger charge is 2.48. The van der Waals surface area contributed by atoms with Crippen LogP contribution >= 0.6 is 0 Å². The van der Waals surface area contributed by atoms with Crippen LogP contribution in [0.3, 0.4) is 0 Å². The van der Waals surface area contributed by atoms with Gasteiger partial charge in [-0.3, -0.25) is 14.4 Å². The number of nitrogens with one attached hydrogen (secondary N) is 1. The van der Waals surface area contributed by atoms with Gasteiger partial charge < -0.3 is 20.1 Å². The summed E-state index contributed by atoms with van der Waals surface area (Å²) in [6, 6.07) is -0.557. The molecule has 0 saturated carbocycles. The van der Waals surface area contributed by atoms with Crippen molar-refractivity contribution in [2.45, 2.75) is 19.4 Å². The minimum Gasteiger partial charge on any atom is -0.481 e. The third kappa shape index (κ3) is 2.42. The van der Waals surface area contributed by atoms with Crippen LogP contribution in [0.2, 0.25) is 0 Å². The molecule has 2 rings (SSSR count). The Hall–Kier alpha value is -1.63. The van der Waals surface area contributed by atoms with Gasteiger partial charge >= 0.3 is 5.97 Å². The van der Waals surface area contributed by atoms with Crippen LogP contribution in [-0.2, 0) is 19.1 Å². The lowest BCUT2D eigenvalue weighted by atomic mass is 9.85. The van der Waals surface area contributed by atoms with Crippen molar-refractivity contribution in [1.82, 2.24) is 10.2 Å². The molecule has 0 aromatic heterocycles. The molecule has 3 unspecified atom stereocenters. The number of carbonyl (C=O) groups is 3. The number of rotatable bonds is 3. The van der Waals surface area contributed by atoms with E-state index in [2.05, 4.69) is 5.32 Å². The maximum atomic E-state index is 12.1. The molecule has 19 heavy (non-hydrogen) atoms. The van der Waals surface area contributed by atoms with E-state index in [4.69, 9.17) is 4.74 Å². The van der Waals surface area contributed by atoms with Crippen molar-refractivity contribution in [3.05, 3.63) is 0 Å². The number of carboxylic acid groups (broad SMARTS) is 1. The van der Waals surface area contributed by atoms with Crippen LogP contribution < -0.4 is 5.32 Å². The summed E-state index contributed by atoms with van der Waals surface area (Å²) >= 11 is 0. The first-order valence-corrected chi connectivity index (χ1v) is 6.20. The lowest BCUT2D eigenvalue weighted by Crippen LogP contribution is -2.51. The Bertz CT molecular complexity index is 424. The monoisotopic (exact) mass is 270 g/mol. The molecule has 0 aliphatic carbocycles. The van der Waals surface area contributed by atoms with Gasteiger partial charge in [0.25, 0.3) is 0 Å². The van der Waals surface area contributed by atoms with Gasteiger partial charge in [-0.2, -0.15) is 0 Å². The first-order valence-electron chi connectivity index (χ1n) is 6.20. The van der Waals surface area contributed by atoms with Gasteiger partial charge in [-0.05, 0) is 6.92 Å². The zero-order chi connectivity index (χ0) is 14.2. The summed E-state index contributed by atoms with van der Waals surface area (Å²) in [6.07, 6.45) is 0.180. The van der Waals surface area contributed by atoms with Crippen LogP contribution in [0.25, 0.3) is 0 Å². The summed E-state index contributed by atoms with van der Waals surface area (Å²) in [4.78, 5) is 36.2. The fraction of sp³-hybridized carbons (Fsp3) is 0.750. The van der Waals surface area contributed by atoms with Gasteiger partial charge in [0.2, 0.25) is 11.8 Å². The number of ether oxygens (including phenoxy) is 1. The first kappa shape index (κ1) is 13.8. The second-order valence-electron chi connectivity index (χ2n) is 5.47. The average Bonchev–Trinajstić information content (AvgIpc) is 2.86. The number of likely N-dealkylation sites (tertiary alicyclic amines) is 1. The first-order chi connectivity index (χ1) is 8.84. The van der Waals surface area contributed by atoms with Crippen molar-refractivity contribution in [3.8, 4) is 0 Å². The van der Waals surface area contributed by atoms with E-state index in [1.54, 1.807) is 14.0 Å². The van der Waals surface area contributed by atoms with Crippen LogP contribution in [0, 0.1) is 11.3 Å². The average molecular weight is 270 g/mol. The van der Waals surface area contributed by atoms with Gasteiger partial charge in [-0.1, -0.05) is 0 Å². The molecule has 0 spiro atoms. The topological polar surface area (TPSA) is 95.9 Å². The van der Waals surface area contributed by atoms with E-state index in [1.807, 2.05) is 0 Å². The molecule has 2 aliphatic heterocycles. The van der Waals surface area contributed by atoms with Gasteiger partial charge in [0, 0.05) is 20.0 Å². The minimum atomic E-state index is -1.11. The number of nitrogens with zero attached hydrogens (tertiary/aromatic N) is 1. The molecule has 0 aromatic rings. The summed E-state index contributed by atoms with van der Waals surface area (Å²) < 4.78 is 5.17. The fourth-order valence-electron chi connectivity index (χ4n) is 2.41. The summed E-state index contributed by atoms with van der Waals surface area (Å²) in [5.41, 5.74) is -1.11. The predicted molar refractivity (Wildman–Crippen MR) is 64.2 cm³/mol. The molecule has 2 fully saturated rings. The van der Waals surface area contributed by atoms with E-state index < -0.39 is 23.3 Å². The molecule has 2 aliphatic rings. The number of hydrogen-bond donors (Lipinski definition) is 2. The Morgan fingerprint density at radius 1 is 1.53 bits per heavy atom. The van der Waals surface area contributed by atoms with Crippen molar-refractivity contribution in [3.63, 3.8) is 0 Å². The highest BCUT2D eigenvalue weighted by Crippen LogP contribution is 2.29. The van der Waals surface area contributed by atoms with Crippen LogP contribution in [0.1, 0.15) is 13.3 Å². The molecule has 2 heterocycles. The van der Waals surface area contributed by atoms with Crippen LogP contribution in [0.5, 0.6) is 0 Å². The van der Waals surface area contributed by atoms with Crippen molar-refractivity contribution in [2.75, 3.05) is 26.8 Å². The van der Waals surface area contributed by atoms with E-state index in [0.717, 1.165) is 0 Å². The Morgan fingerprint density at radius 3 is 2.74 bits per heavy atom. The Kier molecular flexibility index (Phi) is 3.49. The molecule has 2 N–H and O–H groups in total. The molecule has 2 amide bonds. The SMILES string of the molecule is CN1CC(C(=O)NC2COCC2(C)C(=O)O)CC1=O. The van der Waals surface area contributed by atoms with Crippen molar-refractivity contribution >= 4 is 17.8 Å². The van der Waals surface area contributed by atoms with Crippen LogP contribution in [0.15, 0.2) is 0 Å². The fourth-order valence-corrected chi connectivity index (χ4v) is 2.41. The molecule has 7 heteroatoms. The Labute approximate surface area is 110 Å². The maximum absolute atomic E-state index is 12.1. The Morgan fingerprint density at radius 2 is 2.21 bits per heavy atom. The van der Waals surface area contributed by atoms with Crippen LogP contribution in [-0.4, -0.2) is 60.6 Å². The van der Waals surface area contributed by atoms with E-state index >= 15 is 0 Å². The molecule has 0 radical (unpaired) electrons. The second-order valence-corrected chi connectivity index (χ2v) is 5.47. The summed E-state index contributed by atoms with van der Waals surface area (Å²) in [7, 11) is 1.65. The number of aliphatic carboxylic acids is 1. The van der Waals surface area contributed by atoms with Crippen molar-refractivity contribution in [2.24, 2.45) is 11.3 Å². The third-order valence-corrected chi connectivity index (χ3v) is 3.97. The molecule has 106 valence electrons. The van der Waals surface area contributed by atoms with E-state index in [1.165, 1.54) is 4.90 Å². The van der Waals surface area contributed by atoms with E-state index in [9.17, 15) is 19.5 Å². The molecule has 7 nitrogen and oxygen atoms in total. The van der Waals surface area contributed by atoms with Crippen molar-refractivity contribution in [1.29, 1.82) is 0 Å². The third-order valence-electron chi connectivity index (χ3n) is 3.97. The zero-order valence-electron chi connectivity index (χ0n) is 11.0. The minimum absolute atomic E-state index is 0.0659. The smallest absolute Gasteiger partial charge is 0.313 e. The summed E-state index contributed by atoms with van der Waals surface area (Å²) in [5, 5.41) is 11.9. The van der Waals surface area contributed by atoms with E-state index in [-0.39, 0.29) is 31.4 Å². The number of carbonyl (C=O) groups excluding carboxylic acids is 2. The van der Waals surface area contributed by atoms with Gasteiger partial charge in [0.1, 0.15) is 5.41 Å². The predicted octanol–water partition coefficient (Wildman–Crippen LogP) is -0.929. The van der Waals surface area contributed by atoms with Gasteiger partial charge in [0.15, 0.2) is 0 Å². The number of carboxylic acids is 1.